The number of ether oxygens (including phenoxy) is 1. The second-order valence-corrected chi connectivity index (χ2v) is 6.18. The van der Waals surface area contributed by atoms with Crippen LogP contribution in [0.4, 0.5) is 0 Å². The van der Waals surface area contributed by atoms with Crippen molar-refractivity contribution in [1.29, 1.82) is 0 Å². The molecule has 4 nitrogen and oxygen atoms in total. The zero-order valence-corrected chi connectivity index (χ0v) is 12.8. The Balaban J connectivity index is 2.06. The summed E-state index contributed by atoms with van der Waals surface area (Å²) in [4.78, 5) is 24.0. The van der Waals surface area contributed by atoms with Crippen LogP contribution in [0.2, 0.25) is 0 Å². The lowest BCUT2D eigenvalue weighted by Crippen LogP contribution is -2.27. The number of esters is 1. The standard InChI is InChI=1S/C13H19NO3S2/c1-10(13(16)17-2)8-18-9-12(15)14-6-5-11-4-3-7-19-11/h3-4,7,10H,5-6,8-9H2,1-2H3,(H,14,15). The van der Waals surface area contributed by atoms with Crippen LogP contribution in [0.5, 0.6) is 0 Å². The third-order valence-corrected chi connectivity index (χ3v) is 4.62. The molecule has 1 N–H and O–H groups in total. The van der Waals surface area contributed by atoms with E-state index < -0.39 is 0 Å². The van der Waals surface area contributed by atoms with Crippen LogP contribution >= 0.6 is 23.1 Å². The number of nitrogens with one attached hydrogen (secondary N) is 1. The molecule has 0 saturated carbocycles. The maximum atomic E-state index is 11.5. The largest absolute Gasteiger partial charge is 0.469 e. The molecule has 1 amide bonds. The zero-order valence-electron chi connectivity index (χ0n) is 11.2. The van der Waals surface area contributed by atoms with Crippen molar-refractivity contribution in [2.24, 2.45) is 5.92 Å². The minimum atomic E-state index is -0.231. The van der Waals surface area contributed by atoms with Crippen molar-refractivity contribution in [1.82, 2.24) is 5.32 Å². The molecule has 19 heavy (non-hydrogen) atoms. The van der Waals surface area contributed by atoms with Gasteiger partial charge in [0.25, 0.3) is 0 Å². The highest BCUT2D eigenvalue weighted by atomic mass is 32.2. The Morgan fingerprint density at radius 1 is 1.53 bits per heavy atom. The van der Waals surface area contributed by atoms with Gasteiger partial charge in [-0.3, -0.25) is 9.59 Å². The number of carbonyl (C=O) groups is 2. The predicted octanol–water partition coefficient (Wildman–Crippen LogP) is 1.95. The van der Waals surface area contributed by atoms with Gasteiger partial charge in [-0.25, -0.2) is 0 Å². The topological polar surface area (TPSA) is 55.4 Å². The van der Waals surface area contributed by atoms with E-state index in [1.165, 1.54) is 23.7 Å². The predicted molar refractivity (Wildman–Crippen MR) is 79.5 cm³/mol. The molecule has 0 aliphatic carbocycles. The highest BCUT2D eigenvalue weighted by Crippen LogP contribution is 2.10. The van der Waals surface area contributed by atoms with E-state index in [4.69, 9.17) is 0 Å². The molecule has 0 spiro atoms. The van der Waals surface area contributed by atoms with Gasteiger partial charge in [0.15, 0.2) is 0 Å². The molecule has 1 atom stereocenters. The molecule has 0 bridgehead atoms. The molecule has 0 radical (unpaired) electrons. The molecule has 0 aliphatic heterocycles. The number of hydrogen-bond acceptors (Lipinski definition) is 5. The van der Waals surface area contributed by atoms with E-state index in [1.54, 1.807) is 18.3 Å². The Morgan fingerprint density at radius 3 is 2.95 bits per heavy atom. The van der Waals surface area contributed by atoms with E-state index in [2.05, 4.69) is 16.1 Å². The van der Waals surface area contributed by atoms with Gasteiger partial charge in [0, 0.05) is 17.2 Å². The number of thiophene rings is 1. The van der Waals surface area contributed by atoms with Crippen LogP contribution in [-0.2, 0) is 20.7 Å². The lowest BCUT2D eigenvalue weighted by molar-refractivity contribution is -0.144. The first kappa shape index (κ1) is 16.0. The highest BCUT2D eigenvalue weighted by Gasteiger charge is 2.13. The number of methoxy groups -OCH3 is 1. The van der Waals surface area contributed by atoms with Gasteiger partial charge in [0.05, 0.1) is 18.8 Å². The molecule has 0 fully saturated rings. The van der Waals surface area contributed by atoms with Gasteiger partial charge in [0.1, 0.15) is 0 Å². The van der Waals surface area contributed by atoms with Gasteiger partial charge in [-0.1, -0.05) is 13.0 Å². The Morgan fingerprint density at radius 2 is 2.32 bits per heavy atom. The summed E-state index contributed by atoms with van der Waals surface area (Å²) in [5, 5.41) is 4.90. The van der Waals surface area contributed by atoms with Crippen molar-refractivity contribution in [3.05, 3.63) is 22.4 Å². The van der Waals surface area contributed by atoms with E-state index in [1.807, 2.05) is 11.4 Å². The van der Waals surface area contributed by atoms with E-state index in [-0.39, 0.29) is 17.8 Å². The number of rotatable bonds is 8. The maximum absolute atomic E-state index is 11.5. The summed E-state index contributed by atoms with van der Waals surface area (Å²) < 4.78 is 4.62. The fourth-order valence-electron chi connectivity index (χ4n) is 1.43. The van der Waals surface area contributed by atoms with Crippen molar-refractivity contribution >= 4 is 35.0 Å². The summed E-state index contributed by atoms with van der Waals surface area (Å²) in [7, 11) is 1.38. The average molecular weight is 301 g/mol. The van der Waals surface area contributed by atoms with Crippen molar-refractivity contribution in [3.8, 4) is 0 Å². The van der Waals surface area contributed by atoms with Crippen molar-refractivity contribution in [2.45, 2.75) is 13.3 Å². The number of carbonyl (C=O) groups excluding carboxylic acids is 2. The van der Waals surface area contributed by atoms with E-state index >= 15 is 0 Å². The van der Waals surface area contributed by atoms with Crippen molar-refractivity contribution in [3.63, 3.8) is 0 Å². The van der Waals surface area contributed by atoms with Crippen molar-refractivity contribution in [2.75, 3.05) is 25.2 Å². The molecule has 1 heterocycles. The first-order valence-corrected chi connectivity index (χ1v) is 8.11. The Kier molecular flexibility index (Phi) is 7.59. The fraction of sp³-hybridized carbons (Fsp3) is 0.538. The molecular formula is C13H19NO3S2. The summed E-state index contributed by atoms with van der Waals surface area (Å²) >= 11 is 3.14. The Labute approximate surface area is 121 Å². The fourth-order valence-corrected chi connectivity index (χ4v) is 3.03. The zero-order chi connectivity index (χ0) is 14.1. The third-order valence-electron chi connectivity index (χ3n) is 2.48. The highest BCUT2D eigenvalue weighted by molar-refractivity contribution is 7.99. The first-order valence-electron chi connectivity index (χ1n) is 6.08. The van der Waals surface area contributed by atoms with Crippen LogP contribution in [-0.4, -0.2) is 37.0 Å². The molecule has 106 valence electrons. The Hall–Kier alpha value is -1.01. The molecule has 1 unspecified atom stereocenters. The van der Waals surface area contributed by atoms with E-state index in [0.717, 1.165) is 6.42 Å². The lowest BCUT2D eigenvalue weighted by atomic mass is 10.2. The monoisotopic (exact) mass is 301 g/mol. The Bertz CT molecular complexity index is 393. The van der Waals surface area contributed by atoms with Crippen LogP contribution in [0, 0.1) is 5.92 Å². The molecule has 0 saturated heterocycles. The molecular weight excluding hydrogens is 282 g/mol. The van der Waals surface area contributed by atoms with Gasteiger partial charge in [-0.2, -0.15) is 11.8 Å². The molecule has 1 rings (SSSR count). The van der Waals surface area contributed by atoms with Gasteiger partial charge in [-0.05, 0) is 17.9 Å². The second-order valence-electron chi connectivity index (χ2n) is 4.12. The molecule has 0 aromatic carbocycles. The summed E-state index contributed by atoms with van der Waals surface area (Å²) in [6, 6.07) is 4.06. The SMILES string of the molecule is COC(=O)C(C)CSCC(=O)NCCc1cccs1. The second kappa shape index (κ2) is 8.98. The molecule has 1 aromatic rings. The van der Waals surface area contributed by atoms with Crippen LogP contribution in [0.25, 0.3) is 0 Å². The number of hydrogen-bond donors (Lipinski definition) is 1. The van der Waals surface area contributed by atoms with Crippen molar-refractivity contribution < 1.29 is 14.3 Å². The van der Waals surface area contributed by atoms with E-state index in [9.17, 15) is 9.59 Å². The number of thioether (sulfide) groups is 1. The van der Waals surface area contributed by atoms with Crippen LogP contribution in [0.15, 0.2) is 17.5 Å². The number of amides is 1. The minimum absolute atomic E-state index is 0.0126. The average Bonchev–Trinajstić information content (AvgIpc) is 2.90. The van der Waals surface area contributed by atoms with Gasteiger partial charge in [0.2, 0.25) is 5.91 Å². The maximum Gasteiger partial charge on any atom is 0.309 e. The summed E-state index contributed by atoms with van der Waals surface area (Å²) in [6.45, 7) is 2.46. The van der Waals surface area contributed by atoms with Gasteiger partial charge < -0.3 is 10.1 Å². The molecule has 0 aliphatic rings. The van der Waals surface area contributed by atoms with Crippen LogP contribution in [0.1, 0.15) is 11.8 Å². The third kappa shape index (κ3) is 6.63. The summed E-state index contributed by atoms with van der Waals surface area (Å²) in [5.41, 5.74) is 0. The van der Waals surface area contributed by atoms with Crippen LogP contribution < -0.4 is 5.32 Å². The van der Waals surface area contributed by atoms with Gasteiger partial charge in [-0.15, -0.1) is 11.3 Å². The van der Waals surface area contributed by atoms with E-state index in [0.29, 0.717) is 18.1 Å². The van der Waals surface area contributed by atoms with Crippen LogP contribution in [0.3, 0.4) is 0 Å². The minimum Gasteiger partial charge on any atom is -0.469 e. The quantitative estimate of drug-likeness (QED) is 0.746. The normalized spacial score (nSPS) is 11.9. The molecule has 6 heteroatoms. The summed E-state index contributed by atoms with van der Waals surface area (Å²) in [5.74, 6) is 0.592. The van der Waals surface area contributed by atoms with Gasteiger partial charge >= 0.3 is 5.97 Å². The lowest BCUT2D eigenvalue weighted by Gasteiger charge is -2.08. The molecule has 1 aromatic heterocycles. The smallest absolute Gasteiger partial charge is 0.309 e. The first-order chi connectivity index (χ1) is 9.13. The summed E-state index contributed by atoms with van der Waals surface area (Å²) in [6.07, 6.45) is 0.868.